The van der Waals surface area contributed by atoms with E-state index in [2.05, 4.69) is 32.6 Å². The summed E-state index contributed by atoms with van der Waals surface area (Å²) in [7, 11) is 1.72. The van der Waals surface area contributed by atoms with E-state index in [0.29, 0.717) is 18.4 Å². The fourth-order valence-corrected chi connectivity index (χ4v) is 6.02. The maximum absolute atomic E-state index is 12.9. The van der Waals surface area contributed by atoms with Crippen LogP contribution in [0.5, 0.6) is 0 Å². The normalized spacial score (nSPS) is 32.8. The number of epoxide rings is 1. The number of ether oxygens (including phenoxy) is 5. The molecule has 4 rings (SSSR count). The molecule has 34 heavy (non-hydrogen) atoms. The van der Waals surface area contributed by atoms with Gasteiger partial charge in [-0.05, 0) is 57.9 Å². The number of carbonyl (C=O) groups excluding carboxylic acids is 1. The Kier molecular flexibility index (Phi) is 8.45. The van der Waals surface area contributed by atoms with Gasteiger partial charge in [0.25, 0.3) is 0 Å². The van der Waals surface area contributed by atoms with Crippen LogP contribution in [0.1, 0.15) is 53.4 Å². The molecule has 3 aliphatic heterocycles. The van der Waals surface area contributed by atoms with Gasteiger partial charge in [0.1, 0.15) is 12.2 Å². The molecule has 3 heterocycles. The zero-order valence-corrected chi connectivity index (χ0v) is 21.9. The highest BCUT2D eigenvalue weighted by Gasteiger charge is 2.64. The summed E-state index contributed by atoms with van der Waals surface area (Å²) in [5, 5.41) is 0. The summed E-state index contributed by atoms with van der Waals surface area (Å²) in [6.45, 7) is 16.5. The largest absolute Gasteiger partial charge is 0.443 e. The summed E-state index contributed by atoms with van der Waals surface area (Å²) in [6, 6.07) is 0. The van der Waals surface area contributed by atoms with Crippen molar-refractivity contribution in [2.45, 2.75) is 76.8 Å². The number of rotatable bonds is 10. The van der Waals surface area contributed by atoms with Crippen LogP contribution in [-0.4, -0.2) is 106 Å². The van der Waals surface area contributed by atoms with Crippen molar-refractivity contribution in [3.8, 4) is 0 Å². The molecular weight excluding hydrogens is 436 g/mol. The number of hydrogen-bond donors (Lipinski definition) is 0. The standard InChI is InChI=1S/C26H46N2O6/c1-19(2)8-13-32-25(3,4)23-22(30-5)21(6-9-26(23)18-33-26)34-24(29)28-16-20(17-28)7-10-27-11-14-31-15-12-27/h19-23H,6-18H2,1-5H3/t21-,22-,23-,26+/m1/s1. The molecule has 1 saturated carbocycles. The van der Waals surface area contributed by atoms with Gasteiger partial charge in [-0.1, -0.05) is 13.8 Å². The first kappa shape index (κ1) is 26.1. The van der Waals surface area contributed by atoms with Gasteiger partial charge in [0.05, 0.1) is 31.0 Å². The Morgan fingerprint density at radius 3 is 2.53 bits per heavy atom. The van der Waals surface area contributed by atoms with Gasteiger partial charge >= 0.3 is 6.09 Å². The predicted octanol–water partition coefficient (Wildman–Crippen LogP) is 3.18. The summed E-state index contributed by atoms with van der Waals surface area (Å²) in [5.74, 6) is 1.17. The van der Waals surface area contributed by atoms with E-state index in [-0.39, 0.29) is 29.8 Å². The summed E-state index contributed by atoms with van der Waals surface area (Å²) in [5.41, 5.74) is -0.648. The quantitative estimate of drug-likeness (QED) is 0.443. The van der Waals surface area contributed by atoms with Crippen LogP contribution in [0.2, 0.25) is 0 Å². The molecule has 4 fully saturated rings. The van der Waals surface area contributed by atoms with Gasteiger partial charge in [0.15, 0.2) is 0 Å². The molecule has 3 saturated heterocycles. The summed E-state index contributed by atoms with van der Waals surface area (Å²) in [6.07, 6.45) is 3.04. The molecule has 1 amide bonds. The van der Waals surface area contributed by atoms with Crippen molar-refractivity contribution in [3.63, 3.8) is 0 Å². The maximum Gasteiger partial charge on any atom is 0.410 e. The second kappa shape index (κ2) is 11.0. The molecule has 0 bridgehead atoms. The van der Waals surface area contributed by atoms with E-state index in [0.717, 1.165) is 78.2 Å². The average molecular weight is 483 g/mol. The summed E-state index contributed by atoms with van der Waals surface area (Å²) in [4.78, 5) is 17.2. The maximum atomic E-state index is 12.9. The van der Waals surface area contributed by atoms with Crippen LogP contribution < -0.4 is 0 Å². The van der Waals surface area contributed by atoms with Crippen LogP contribution in [0.3, 0.4) is 0 Å². The Morgan fingerprint density at radius 2 is 1.91 bits per heavy atom. The Bertz CT molecular complexity index is 670. The first-order valence-electron chi connectivity index (χ1n) is 13.3. The molecule has 4 aliphatic rings. The number of morpholine rings is 1. The number of carbonyl (C=O) groups is 1. The zero-order chi connectivity index (χ0) is 24.3. The molecule has 0 aromatic rings. The first-order chi connectivity index (χ1) is 16.2. The highest BCUT2D eigenvalue weighted by molar-refractivity contribution is 5.69. The molecule has 0 N–H and O–H groups in total. The van der Waals surface area contributed by atoms with E-state index in [4.69, 9.17) is 23.7 Å². The third-order valence-electron chi connectivity index (χ3n) is 8.24. The topological polar surface area (TPSA) is 73.0 Å². The summed E-state index contributed by atoms with van der Waals surface area (Å²) >= 11 is 0. The van der Waals surface area contributed by atoms with Crippen molar-refractivity contribution in [2.24, 2.45) is 17.8 Å². The summed E-state index contributed by atoms with van der Waals surface area (Å²) < 4.78 is 29.9. The molecule has 1 spiro atoms. The van der Waals surface area contributed by atoms with Gasteiger partial charge in [0, 0.05) is 45.8 Å². The van der Waals surface area contributed by atoms with E-state index >= 15 is 0 Å². The molecule has 8 nitrogen and oxygen atoms in total. The van der Waals surface area contributed by atoms with Crippen molar-refractivity contribution < 1.29 is 28.5 Å². The van der Waals surface area contributed by atoms with Gasteiger partial charge in [-0.2, -0.15) is 0 Å². The number of likely N-dealkylation sites (tertiary alicyclic amines) is 1. The SMILES string of the molecule is CO[C@H]1[C@H](C(C)(C)OCCC(C)C)[C@]2(CC[C@H]1OC(=O)N1CC(CCN3CCOCC3)C1)CO2. The Morgan fingerprint density at radius 1 is 1.21 bits per heavy atom. The minimum atomic E-state index is -0.432. The van der Waals surface area contributed by atoms with Crippen LogP contribution in [0, 0.1) is 17.8 Å². The number of methoxy groups -OCH3 is 1. The third-order valence-corrected chi connectivity index (χ3v) is 8.24. The van der Waals surface area contributed by atoms with Crippen LogP contribution in [0.4, 0.5) is 4.79 Å². The Hall–Kier alpha value is -0.930. The average Bonchev–Trinajstić information content (AvgIpc) is 3.53. The number of amides is 1. The van der Waals surface area contributed by atoms with Crippen LogP contribution in [-0.2, 0) is 23.7 Å². The third kappa shape index (κ3) is 6.06. The molecule has 196 valence electrons. The van der Waals surface area contributed by atoms with Crippen LogP contribution in [0.15, 0.2) is 0 Å². The van der Waals surface area contributed by atoms with Crippen molar-refractivity contribution in [2.75, 3.05) is 66.3 Å². The van der Waals surface area contributed by atoms with Gasteiger partial charge in [-0.3, -0.25) is 4.90 Å². The van der Waals surface area contributed by atoms with Crippen molar-refractivity contribution in [1.29, 1.82) is 0 Å². The van der Waals surface area contributed by atoms with Crippen LogP contribution in [0.25, 0.3) is 0 Å². The highest BCUT2D eigenvalue weighted by Crippen LogP contribution is 2.53. The minimum absolute atomic E-state index is 0.0152. The van der Waals surface area contributed by atoms with Crippen LogP contribution >= 0.6 is 0 Å². The highest BCUT2D eigenvalue weighted by atomic mass is 16.6. The van der Waals surface area contributed by atoms with E-state index in [1.165, 1.54) is 0 Å². The van der Waals surface area contributed by atoms with Gasteiger partial charge in [-0.15, -0.1) is 0 Å². The van der Waals surface area contributed by atoms with Crippen molar-refractivity contribution >= 4 is 6.09 Å². The monoisotopic (exact) mass is 482 g/mol. The molecule has 0 radical (unpaired) electrons. The van der Waals surface area contributed by atoms with Crippen molar-refractivity contribution in [1.82, 2.24) is 9.80 Å². The molecule has 1 aliphatic carbocycles. The lowest BCUT2D eigenvalue weighted by Gasteiger charge is -2.48. The molecule has 4 atom stereocenters. The lowest BCUT2D eigenvalue weighted by molar-refractivity contribution is -0.179. The zero-order valence-electron chi connectivity index (χ0n) is 21.9. The van der Waals surface area contributed by atoms with E-state index in [1.54, 1.807) is 7.11 Å². The number of hydrogen-bond acceptors (Lipinski definition) is 7. The van der Waals surface area contributed by atoms with Crippen molar-refractivity contribution in [3.05, 3.63) is 0 Å². The van der Waals surface area contributed by atoms with Gasteiger partial charge < -0.3 is 28.6 Å². The first-order valence-corrected chi connectivity index (χ1v) is 13.3. The fourth-order valence-electron chi connectivity index (χ4n) is 6.02. The molecule has 0 unspecified atom stereocenters. The second-order valence-electron chi connectivity index (χ2n) is 11.6. The molecular formula is C26H46N2O6. The van der Waals surface area contributed by atoms with Gasteiger partial charge in [-0.25, -0.2) is 4.79 Å². The van der Waals surface area contributed by atoms with E-state index < -0.39 is 5.60 Å². The Balaban J connectivity index is 1.28. The van der Waals surface area contributed by atoms with E-state index in [9.17, 15) is 4.79 Å². The smallest absolute Gasteiger partial charge is 0.410 e. The molecule has 8 heteroatoms. The minimum Gasteiger partial charge on any atom is -0.443 e. The fraction of sp³-hybridized carbons (Fsp3) is 0.962. The Labute approximate surface area is 205 Å². The lowest BCUT2D eigenvalue weighted by Crippen LogP contribution is -2.60. The van der Waals surface area contributed by atoms with Gasteiger partial charge in [0.2, 0.25) is 0 Å². The molecule has 0 aromatic carbocycles. The predicted molar refractivity (Wildman–Crippen MR) is 129 cm³/mol. The molecule has 0 aromatic heterocycles. The van der Waals surface area contributed by atoms with E-state index in [1.807, 2.05) is 4.90 Å². The number of nitrogens with zero attached hydrogens (tertiary/aromatic N) is 2. The lowest BCUT2D eigenvalue weighted by atomic mass is 9.68. The second-order valence-corrected chi connectivity index (χ2v) is 11.6.